The summed E-state index contributed by atoms with van der Waals surface area (Å²) in [5, 5.41) is 12.7. The molecule has 3 heterocycles. The molecule has 0 aliphatic carbocycles. The van der Waals surface area contributed by atoms with Crippen LogP contribution in [0.1, 0.15) is 49.9 Å². The molecule has 1 aromatic heterocycles. The van der Waals surface area contributed by atoms with Gasteiger partial charge >= 0.3 is 0 Å². The number of nitrogens with one attached hydrogen (secondary N) is 1. The summed E-state index contributed by atoms with van der Waals surface area (Å²) < 4.78 is 7.79. The van der Waals surface area contributed by atoms with Crippen LogP contribution in [0.2, 0.25) is 0 Å². The lowest BCUT2D eigenvalue weighted by molar-refractivity contribution is -0.133. The second-order valence-electron chi connectivity index (χ2n) is 9.09. The number of anilines is 1. The SMILES string of the molecule is Cc1c(C#N)c(NC(=O)CN2CCN(C(=O)CC(C)C)CC2)n(CC2CCCO2)c1C. The van der Waals surface area contributed by atoms with Gasteiger partial charge in [0, 0.05) is 44.9 Å². The van der Waals surface area contributed by atoms with Gasteiger partial charge in [0.2, 0.25) is 11.8 Å². The van der Waals surface area contributed by atoms with Gasteiger partial charge in [0.15, 0.2) is 0 Å². The quantitative estimate of drug-likeness (QED) is 0.718. The third-order valence-electron chi connectivity index (χ3n) is 6.28. The molecule has 2 saturated heterocycles. The Kier molecular flexibility index (Phi) is 7.74. The highest BCUT2D eigenvalue weighted by Gasteiger charge is 2.26. The van der Waals surface area contributed by atoms with Crippen LogP contribution in [0.5, 0.6) is 0 Å². The van der Waals surface area contributed by atoms with Gasteiger partial charge in [-0.2, -0.15) is 5.26 Å². The number of nitrogens with zero attached hydrogens (tertiary/aromatic N) is 4. The number of hydrogen-bond donors (Lipinski definition) is 1. The van der Waals surface area contributed by atoms with Crippen LogP contribution >= 0.6 is 0 Å². The van der Waals surface area contributed by atoms with E-state index in [1.807, 2.05) is 37.2 Å². The van der Waals surface area contributed by atoms with E-state index in [2.05, 4.69) is 16.3 Å². The normalized spacial score (nSPS) is 19.6. The molecule has 8 nitrogen and oxygen atoms in total. The molecule has 0 spiro atoms. The zero-order valence-corrected chi connectivity index (χ0v) is 19.2. The van der Waals surface area contributed by atoms with E-state index in [-0.39, 0.29) is 24.5 Å². The molecule has 2 fully saturated rings. The largest absolute Gasteiger partial charge is 0.376 e. The van der Waals surface area contributed by atoms with Gasteiger partial charge in [-0.15, -0.1) is 0 Å². The van der Waals surface area contributed by atoms with E-state index < -0.39 is 0 Å². The molecular weight excluding hydrogens is 394 g/mol. The maximum absolute atomic E-state index is 12.8. The van der Waals surface area contributed by atoms with Crippen molar-refractivity contribution in [2.24, 2.45) is 5.92 Å². The number of carbonyl (C=O) groups is 2. The summed E-state index contributed by atoms with van der Waals surface area (Å²) in [5.41, 5.74) is 2.40. The molecule has 0 aromatic carbocycles. The Hall–Kier alpha value is -2.37. The van der Waals surface area contributed by atoms with E-state index in [0.717, 1.165) is 30.7 Å². The van der Waals surface area contributed by atoms with Crippen molar-refractivity contribution in [3.63, 3.8) is 0 Å². The zero-order chi connectivity index (χ0) is 22.5. The van der Waals surface area contributed by atoms with E-state index in [4.69, 9.17) is 4.74 Å². The van der Waals surface area contributed by atoms with Crippen LogP contribution < -0.4 is 5.32 Å². The lowest BCUT2D eigenvalue weighted by Crippen LogP contribution is -2.50. The molecule has 2 aliphatic heterocycles. The molecule has 3 rings (SSSR count). The molecule has 1 N–H and O–H groups in total. The van der Waals surface area contributed by atoms with Gasteiger partial charge in [-0.05, 0) is 38.2 Å². The van der Waals surface area contributed by atoms with Crippen molar-refractivity contribution < 1.29 is 14.3 Å². The molecule has 0 bridgehead atoms. The summed E-state index contributed by atoms with van der Waals surface area (Å²) >= 11 is 0. The third-order valence-corrected chi connectivity index (χ3v) is 6.28. The molecule has 2 amide bonds. The summed E-state index contributed by atoms with van der Waals surface area (Å²) in [4.78, 5) is 29.0. The summed E-state index contributed by atoms with van der Waals surface area (Å²) in [7, 11) is 0. The Morgan fingerprint density at radius 3 is 2.52 bits per heavy atom. The average molecular weight is 430 g/mol. The van der Waals surface area contributed by atoms with Gasteiger partial charge in [-0.25, -0.2) is 0 Å². The van der Waals surface area contributed by atoms with Crippen molar-refractivity contribution in [3.05, 3.63) is 16.8 Å². The Balaban J connectivity index is 1.61. The van der Waals surface area contributed by atoms with Crippen LogP contribution in [-0.4, -0.2) is 71.6 Å². The number of rotatable bonds is 7. The van der Waals surface area contributed by atoms with Gasteiger partial charge in [0.05, 0.1) is 24.8 Å². The molecule has 8 heteroatoms. The highest BCUT2D eigenvalue weighted by Crippen LogP contribution is 2.28. The maximum Gasteiger partial charge on any atom is 0.239 e. The van der Waals surface area contributed by atoms with E-state index in [1.165, 1.54) is 0 Å². The van der Waals surface area contributed by atoms with E-state index in [1.54, 1.807) is 0 Å². The molecule has 1 unspecified atom stereocenters. The first kappa shape index (κ1) is 23.3. The summed E-state index contributed by atoms with van der Waals surface area (Å²) in [6.45, 7) is 12.3. The fraction of sp³-hybridized carbons (Fsp3) is 0.696. The maximum atomic E-state index is 12.8. The van der Waals surface area contributed by atoms with Crippen molar-refractivity contribution in [3.8, 4) is 6.07 Å². The number of nitriles is 1. The predicted molar refractivity (Wildman–Crippen MR) is 119 cm³/mol. The van der Waals surface area contributed by atoms with E-state index in [0.29, 0.717) is 56.4 Å². The topological polar surface area (TPSA) is 90.6 Å². The Morgan fingerprint density at radius 1 is 1.23 bits per heavy atom. The van der Waals surface area contributed by atoms with Gasteiger partial charge in [0.25, 0.3) is 0 Å². The second kappa shape index (κ2) is 10.3. The Labute approximate surface area is 185 Å². The molecule has 170 valence electrons. The van der Waals surface area contributed by atoms with Crippen LogP contribution in [0.3, 0.4) is 0 Å². The fourth-order valence-corrected chi connectivity index (χ4v) is 4.36. The van der Waals surface area contributed by atoms with Crippen LogP contribution in [0.15, 0.2) is 0 Å². The average Bonchev–Trinajstić information content (AvgIpc) is 3.31. The van der Waals surface area contributed by atoms with E-state index >= 15 is 0 Å². The highest BCUT2D eigenvalue weighted by atomic mass is 16.5. The third kappa shape index (κ3) is 5.66. The van der Waals surface area contributed by atoms with Crippen molar-refractivity contribution in [1.82, 2.24) is 14.4 Å². The van der Waals surface area contributed by atoms with Gasteiger partial charge in [0.1, 0.15) is 11.9 Å². The molecule has 0 radical (unpaired) electrons. The number of ether oxygens (including phenoxy) is 1. The lowest BCUT2D eigenvalue weighted by atomic mass is 10.1. The first-order valence-corrected chi connectivity index (χ1v) is 11.3. The molecular formula is C23H35N5O3. The predicted octanol–water partition coefficient (Wildman–Crippen LogP) is 2.28. The number of carbonyl (C=O) groups excluding carboxylic acids is 2. The molecule has 1 aromatic rings. The van der Waals surface area contributed by atoms with Crippen LogP contribution in [0, 0.1) is 31.1 Å². The van der Waals surface area contributed by atoms with Gasteiger partial charge < -0.3 is 19.5 Å². The standard InChI is InChI=1S/C23H35N5O3/c1-16(2)12-22(30)27-9-7-26(8-10-27)15-21(29)25-23-20(13-24)17(3)18(4)28(23)14-19-6-5-11-31-19/h16,19H,5-12,14-15H2,1-4H3,(H,25,29). The summed E-state index contributed by atoms with van der Waals surface area (Å²) in [5.74, 6) is 0.979. The first-order valence-electron chi connectivity index (χ1n) is 11.3. The minimum absolute atomic E-state index is 0.115. The van der Waals surface area contributed by atoms with Crippen LogP contribution in [0.25, 0.3) is 0 Å². The number of amides is 2. The number of hydrogen-bond acceptors (Lipinski definition) is 5. The Morgan fingerprint density at radius 2 is 1.94 bits per heavy atom. The molecule has 31 heavy (non-hydrogen) atoms. The highest BCUT2D eigenvalue weighted by molar-refractivity contribution is 5.93. The minimum Gasteiger partial charge on any atom is -0.376 e. The van der Waals surface area contributed by atoms with E-state index in [9.17, 15) is 14.9 Å². The van der Waals surface area contributed by atoms with Crippen molar-refractivity contribution in [2.45, 2.75) is 59.6 Å². The molecule has 1 atom stereocenters. The van der Waals surface area contributed by atoms with Crippen LogP contribution in [-0.2, 0) is 20.9 Å². The number of piperazine rings is 1. The zero-order valence-electron chi connectivity index (χ0n) is 19.2. The lowest BCUT2D eigenvalue weighted by Gasteiger charge is -2.34. The monoisotopic (exact) mass is 429 g/mol. The van der Waals surface area contributed by atoms with Crippen molar-refractivity contribution in [2.75, 3.05) is 44.6 Å². The van der Waals surface area contributed by atoms with Crippen molar-refractivity contribution in [1.29, 1.82) is 5.26 Å². The van der Waals surface area contributed by atoms with Gasteiger partial charge in [-0.1, -0.05) is 13.8 Å². The van der Waals surface area contributed by atoms with Crippen LogP contribution in [0.4, 0.5) is 5.82 Å². The Bertz CT molecular complexity index is 840. The molecule has 0 saturated carbocycles. The summed E-state index contributed by atoms with van der Waals surface area (Å²) in [6.07, 6.45) is 2.72. The smallest absolute Gasteiger partial charge is 0.239 e. The number of aromatic nitrogens is 1. The van der Waals surface area contributed by atoms with Crippen molar-refractivity contribution >= 4 is 17.6 Å². The first-order chi connectivity index (χ1) is 14.8. The fourth-order valence-electron chi connectivity index (χ4n) is 4.36. The minimum atomic E-state index is -0.135. The van der Waals surface area contributed by atoms with Gasteiger partial charge in [-0.3, -0.25) is 14.5 Å². The molecule has 2 aliphatic rings. The second-order valence-corrected chi connectivity index (χ2v) is 9.09. The summed E-state index contributed by atoms with van der Waals surface area (Å²) in [6, 6.07) is 2.26.